The number of amides is 4. The SMILES string of the molecule is CC(C)C[C@H](NC(=O)[C@H](CO)NC(=O)OCc1ccccc1)C(=O)N[C@@H](CO)C(=O)NN. The van der Waals surface area contributed by atoms with E-state index in [4.69, 9.17) is 10.6 Å². The van der Waals surface area contributed by atoms with Crippen LogP contribution >= 0.6 is 0 Å². The van der Waals surface area contributed by atoms with Crippen LogP contribution in [-0.4, -0.2) is 65.4 Å². The van der Waals surface area contributed by atoms with Crippen molar-refractivity contribution in [2.24, 2.45) is 11.8 Å². The van der Waals surface area contributed by atoms with Crippen molar-refractivity contribution in [3.8, 4) is 0 Å². The zero-order chi connectivity index (χ0) is 24.1. The third kappa shape index (κ3) is 9.29. The Morgan fingerprint density at radius 3 is 1.94 bits per heavy atom. The van der Waals surface area contributed by atoms with Crippen LogP contribution in [0.25, 0.3) is 0 Å². The van der Waals surface area contributed by atoms with Gasteiger partial charge in [0.15, 0.2) is 0 Å². The molecule has 0 radical (unpaired) electrons. The average molecular weight is 453 g/mol. The molecule has 0 saturated carbocycles. The van der Waals surface area contributed by atoms with Crippen LogP contribution < -0.4 is 27.2 Å². The van der Waals surface area contributed by atoms with Crippen LogP contribution in [0.4, 0.5) is 4.79 Å². The maximum atomic E-state index is 12.6. The van der Waals surface area contributed by atoms with Gasteiger partial charge >= 0.3 is 6.09 Å². The van der Waals surface area contributed by atoms with Gasteiger partial charge in [0.2, 0.25) is 11.8 Å². The number of benzene rings is 1. The van der Waals surface area contributed by atoms with Gasteiger partial charge in [-0.15, -0.1) is 0 Å². The van der Waals surface area contributed by atoms with Gasteiger partial charge in [0.05, 0.1) is 13.2 Å². The van der Waals surface area contributed by atoms with Crippen molar-refractivity contribution < 1.29 is 34.1 Å². The molecule has 1 aromatic carbocycles. The second-order valence-electron chi connectivity index (χ2n) is 7.38. The van der Waals surface area contributed by atoms with Gasteiger partial charge in [-0.3, -0.25) is 19.8 Å². The summed E-state index contributed by atoms with van der Waals surface area (Å²) in [6.45, 7) is 2.15. The van der Waals surface area contributed by atoms with Crippen LogP contribution in [0.2, 0.25) is 0 Å². The number of aliphatic hydroxyl groups excluding tert-OH is 2. The maximum absolute atomic E-state index is 12.6. The molecule has 178 valence electrons. The Morgan fingerprint density at radius 2 is 1.41 bits per heavy atom. The van der Waals surface area contributed by atoms with Crippen LogP contribution in [0, 0.1) is 5.92 Å². The highest BCUT2D eigenvalue weighted by atomic mass is 16.5. The molecule has 0 aliphatic carbocycles. The molecule has 0 saturated heterocycles. The van der Waals surface area contributed by atoms with E-state index >= 15 is 0 Å². The molecule has 0 heterocycles. The molecule has 0 aliphatic heterocycles. The minimum atomic E-state index is -1.37. The number of alkyl carbamates (subject to hydrolysis) is 1. The van der Waals surface area contributed by atoms with Crippen LogP contribution in [0.3, 0.4) is 0 Å². The molecular weight excluding hydrogens is 422 g/mol. The number of nitrogens with one attached hydrogen (secondary N) is 4. The van der Waals surface area contributed by atoms with Crippen molar-refractivity contribution in [1.29, 1.82) is 0 Å². The van der Waals surface area contributed by atoms with Crippen molar-refractivity contribution in [2.75, 3.05) is 13.2 Å². The van der Waals surface area contributed by atoms with Crippen LogP contribution in [0.5, 0.6) is 0 Å². The summed E-state index contributed by atoms with van der Waals surface area (Å²) in [5.41, 5.74) is 2.56. The summed E-state index contributed by atoms with van der Waals surface area (Å²) in [4.78, 5) is 48.7. The Bertz CT molecular complexity index is 760. The number of rotatable bonds is 12. The summed E-state index contributed by atoms with van der Waals surface area (Å²) in [6.07, 6.45) is -0.732. The van der Waals surface area contributed by atoms with Gasteiger partial charge in [0, 0.05) is 0 Å². The highest BCUT2D eigenvalue weighted by molar-refractivity contribution is 5.93. The van der Waals surface area contributed by atoms with Crippen molar-refractivity contribution in [3.05, 3.63) is 35.9 Å². The minimum absolute atomic E-state index is 0.0293. The van der Waals surface area contributed by atoms with E-state index in [1.54, 1.807) is 24.3 Å². The Hall–Kier alpha value is -3.22. The molecule has 0 unspecified atom stereocenters. The highest BCUT2D eigenvalue weighted by Gasteiger charge is 2.29. The first kappa shape index (κ1) is 26.8. The molecule has 12 heteroatoms. The maximum Gasteiger partial charge on any atom is 0.408 e. The summed E-state index contributed by atoms with van der Waals surface area (Å²) in [5, 5.41) is 25.8. The normalized spacial score (nSPS) is 13.4. The van der Waals surface area contributed by atoms with E-state index in [1.807, 2.05) is 25.3 Å². The number of nitrogens with two attached hydrogens (primary N) is 1. The molecule has 1 aromatic rings. The predicted octanol–water partition coefficient (Wildman–Crippen LogP) is -1.73. The highest BCUT2D eigenvalue weighted by Crippen LogP contribution is 2.06. The van der Waals surface area contributed by atoms with Crippen molar-refractivity contribution >= 4 is 23.8 Å². The topological polar surface area (TPSA) is 192 Å². The molecule has 1 rings (SSSR count). The molecule has 0 aliphatic rings. The largest absolute Gasteiger partial charge is 0.445 e. The second kappa shape index (κ2) is 14.0. The number of aliphatic hydroxyl groups is 2. The van der Waals surface area contributed by atoms with Gasteiger partial charge in [-0.05, 0) is 17.9 Å². The van der Waals surface area contributed by atoms with Crippen molar-refractivity contribution in [2.45, 2.75) is 45.0 Å². The number of carbonyl (C=O) groups is 4. The zero-order valence-electron chi connectivity index (χ0n) is 18.0. The molecule has 3 atom stereocenters. The lowest BCUT2D eigenvalue weighted by atomic mass is 10.0. The van der Waals surface area contributed by atoms with E-state index in [2.05, 4.69) is 16.0 Å². The number of hydrogen-bond acceptors (Lipinski definition) is 8. The molecule has 0 fully saturated rings. The van der Waals surface area contributed by atoms with Crippen molar-refractivity contribution in [1.82, 2.24) is 21.4 Å². The lowest BCUT2D eigenvalue weighted by Gasteiger charge is -2.24. The van der Waals surface area contributed by atoms with Gasteiger partial charge in [0.25, 0.3) is 5.91 Å². The number of hydrazine groups is 1. The Morgan fingerprint density at radius 1 is 0.875 bits per heavy atom. The summed E-state index contributed by atoms with van der Waals surface area (Å²) >= 11 is 0. The van der Waals surface area contributed by atoms with Crippen LogP contribution in [0.15, 0.2) is 30.3 Å². The molecule has 12 nitrogen and oxygen atoms in total. The standard InChI is InChI=1S/C20H31N5O7/c1-12(2)8-14(17(28)23-16(10-27)19(30)25-21)22-18(29)15(9-26)24-20(31)32-11-13-6-4-3-5-7-13/h3-7,12,14-16,26-27H,8-11,21H2,1-2H3,(H,22,29)(H,23,28)(H,24,31)(H,25,30)/t14-,15-,16-/m0/s1. The summed E-state index contributed by atoms with van der Waals surface area (Å²) < 4.78 is 5.03. The first-order valence-corrected chi connectivity index (χ1v) is 10.0. The Kier molecular flexibility index (Phi) is 11.7. The van der Waals surface area contributed by atoms with Gasteiger partial charge in [0.1, 0.15) is 24.7 Å². The third-order valence-corrected chi connectivity index (χ3v) is 4.30. The summed E-state index contributed by atoms with van der Waals surface area (Å²) in [6, 6.07) is 5.09. The quantitative estimate of drug-likeness (QED) is 0.110. The first-order valence-electron chi connectivity index (χ1n) is 10.0. The van der Waals surface area contributed by atoms with E-state index in [9.17, 15) is 29.4 Å². The van der Waals surface area contributed by atoms with E-state index in [1.165, 1.54) is 0 Å². The van der Waals surface area contributed by atoms with Gasteiger partial charge in [-0.1, -0.05) is 44.2 Å². The molecule has 32 heavy (non-hydrogen) atoms. The van der Waals surface area contributed by atoms with E-state index in [0.717, 1.165) is 5.56 Å². The molecule has 8 N–H and O–H groups in total. The van der Waals surface area contributed by atoms with E-state index in [0.29, 0.717) is 0 Å². The van der Waals surface area contributed by atoms with Gasteiger partial charge in [-0.25, -0.2) is 10.6 Å². The molecule has 4 amide bonds. The molecule has 0 aromatic heterocycles. The fourth-order valence-electron chi connectivity index (χ4n) is 2.64. The van der Waals surface area contributed by atoms with Crippen LogP contribution in [-0.2, 0) is 25.7 Å². The molecular formula is C20H31N5O7. The molecule has 0 bridgehead atoms. The lowest BCUT2D eigenvalue weighted by molar-refractivity contribution is -0.133. The first-order chi connectivity index (χ1) is 15.2. The smallest absolute Gasteiger partial charge is 0.408 e. The number of carbonyl (C=O) groups excluding carboxylic acids is 4. The molecule has 0 spiro atoms. The van der Waals surface area contributed by atoms with Crippen molar-refractivity contribution in [3.63, 3.8) is 0 Å². The number of hydrogen-bond donors (Lipinski definition) is 7. The van der Waals surface area contributed by atoms with E-state index in [-0.39, 0.29) is 18.9 Å². The zero-order valence-corrected chi connectivity index (χ0v) is 18.0. The van der Waals surface area contributed by atoms with E-state index < -0.39 is 55.2 Å². The monoisotopic (exact) mass is 453 g/mol. The summed E-state index contributed by atoms with van der Waals surface area (Å²) in [5.74, 6) is 2.61. The third-order valence-electron chi connectivity index (χ3n) is 4.30. The fraction of sp³-hybridized carbons (Fsp3) is 0.500. The second-order valence-corrected chi connectivity index (χ2v) is 7.38. The predicted molar refractivity (Wildman–Crippen MR) is 113 cm³/mol. The van der Waals surface area contributed by atoms with Gasteiger partial charge < -0.3 is 30.9 Å². The lowest BCUT2D eigenvalue weighted by Crippen LogP contribution is -2.58. The Labute approximate surface area is 185 Å². The Balaban J connectivity index is 2.73. The summed E-state index contributed by atoms with van der Waals surface area (Å²) in [7, 11) is 0. The minimum Gasteiger partial charge on any atom is -0.445 e. The fourth-order valence-corrected chi connectivity index (χ4v) is 2.64. The number of ether oxygens (including phenoxy) is 1. The van der Waals surface area contributed by atoms with Crippen LogP contribution in [0.1, 0.15) is 25.8 Å². The average Bonchev–Trinajstić information content (AvgIpc) is 2.78. The van der Waals surface area contributed by atoms with Gasteiger partial charge in [-0.2, -0.15) is 0 Å².